The molecule has 0 spiro atoms. The van der Waals surface area contributed by atoms with Gasteiger partial charge < -0.3 is 20.6 Å². The van der Waals surface area contributed by atoms with E-state index in [0.717, 1.165) is 68.1 Å². The number of carbonyl (C=O) groups excluding carboxylic acids is 1. The van der Waals surface area contributed by atoms with E-state index in [9.17, 15) is 9.59 Å². The van der Waals surface area contributed by atoms with Crippen LogP contribution in [-0.2, 0) is 11.3 Å². The Morgan fingerprint density at radius 3 is 2.22 bits per heavy atom. The minimum Gasteiger partial charge on any atom is -0.481 e. The smallest absolute Gasteiger partial charge is 0.303 e. The molecule has 1 aliphatic rings. The van der Waals surface area contributed by atoms with E-state index in [4.69, 9.17) is 5.11 Å². The molecule has 2 aromatic heterocycles. The number of rotatable bonds is 17. The largest absolute Gasteiger partial charge is 0.481 e. The van der Waals surface area contributed by atoms with Gasteiger partial charge in [-0.25, -0.2) is 9.97 Å². The first kappa shape index (κ1) is 39.1. The van der Waals surface area contributed by atoms with E-state index in [1.54, 1.807) is 18.6 Å². The molecule has 0 atom stereocenters. The number of aliphatic carboxylic acids is 1. The monoisotopic (exact) mass is 693 g/mol. The third-order valence-electron chi connectivity index (χ3n) is 9.07. The summed E-state index contributed by atoms with van der Waals surface area (Å²) in [7, 11) is 2.16. The van der Waals surface area contributed by atoms with Crippen LogP contribution in [0.2, 0.25) is 0 Å². The normalized spacial score (nSPS) is 13.2. The minimum atomic E-state index is -0.659. The van der Waals surface area contributed by atoms with Crippen molar-refractivity contribution in [1.29, 1.82) is 0 Å². The molecule has 1 saturated heterocycles. The van der Waals surface area contributed by atoms with Crippen molar-refractivity contribution in [2.75, 3.05) is 43.9 Å². The molecule has 10 nitrogen and oxygen atoms in total. The average Bonchev–Trinajstić information content (AvgIpc) is 3.14. The Kier molecular flexibility index (Phi) is 16.5. The zero-order chi connectivity index (χ0) is 36.3. The van der Waals surface area contributed by atoms with Gasteiger partial charge in [-0.15, -0.1) is 0 Å². The highest BCUT2D eigenvalue weighted by Crippen LogP contribution is 2.25. The number of nitrogens with zero attached hydrogens (tertiary/aromatic N) is 5. The van der Waals surface area contributed by atoms with Gasteiger partial charge in [0.2, 0.25) is 5.95 Å². The number of carboxylic acids is 1. The molecule has 1 amide bonds. The Morgan fingerprint density at radius 2 is 1.55 bits per heavy atom. The highest BCUT2D eigenvalue weighted by atomic mass is 16.4. The number of aromatic nitrogens is 3. The zero-order valence-electron chi connectivity index (χ0n) is 30.6. The molecular formula is C41H55N7O3. The van der Waals surface area contributed by atoms with E-state index >= 15 is 0 Å². The summed E-state index contributed by atoms with van der Waals surface area (Å²) in [5.74, 6) is -0.326. The summed E-state index contributed by atoms with van der Waals surface area (Å²) in [6.07, 6.45) is 16.7. The minimum absolute atomic E-state index is 0.143. The Morgan fingerprint density at radius 1 is 0.843 bits per heavy atom. The van der Waals surface area contributed by atoms with Crippen molar-refractivity contribution >= 4 is 29.2 Å². The molecule has 0 aliphatic carbocycles. The molecule has 51 heavy (non-hydrogen) atoms. The number of anilines is 3. The Labute approximate surface area is 303 Å². The van der Waals surface area contributed by atoms with E-state index < -0.39 is 5.97 Å². The fourth-order valence-electron chi connectivity index (χ4n) is 5.86. The van der Waals surface area contributed by atoms with E-state index in [0.29, 0.717) is 23.6 Å². The van der Waals surface area contributed by atoms with Gasteiger partial charge in [-0.2, -0.15) is 0 Å². The van der Waals surface area contributed by atoms with Crippen molar-refractivity contribution < 1.29 is 14.7 Å². The van der Waals surface area contributed by atoms with Gasteiger partial charge in [0.15, 0.2) is 0 Å². The average molecular weight is 694 g/mol. The maximum Gasteiger partial charge on any atom is 0.303 e. The fraction of sp³-hybridized carbons (Fsp3) is 0.439. The Hall–Kier alpha value is -4.67. The summed E-state index contributed by atoms with van der Waals surface area (Å²) in [5, 5.41) is 14.7. The maximum absolute atomic E-state index is 12.9. The van der Waals surface area contributed by atoms with Crippen LogP contribution in [0.1, 0.15) is 92.6 Å². The summed E-state index contributed by atoms with van der Waals surface area (Å²) in [4.78, 5) is 41.1. The number of carbonyl (C=O) groups is 2. The Bertz CT molecular complexity index is 1620. The van der Waals surface area contributed by atoms with Gasteiger partial charge in [0.05, 0.1) is 5.69 Å². The van der Waals surface area contributed by atoms with E-state index in [2.05, 4.69) is 49.4 Å². The quantitative estimate of drug-likeness (QED) is 0.0933. The maximum atomic E-state index is 12.9. The van der Waals surface area contributed by atoms with Crippen LogP contribution in [0.25, 0.3) is 11.3 Å². The first-order valence-electron chi connectivity index (χ1n) is 18.4. The van der Waals surface area contributed by atoms with Crippen molar-refractivity contribution in [3.05, 3.63) is 95.9 Å². The number of benzene rings is 2. The van der Waals surface area contributed by atoms with Crippen LogP contribution < -0.4 is 10.6 Å². The molecule has 1 aliphatic heterocycles. The highest BCUT2D eigenvalue weighted by molar-refractivity contribution is 6.04. The van der Waals surface area contributed by atoms with Crippen molar-refractivity contribution in [2.24, 2.45) is 0 Å². The van der Waals surface area contributed by atoms with Crippen molar-refractivity contribution in [3.63, 3.8) is 0 Å². The number of aryl methyl sites for hydroxylation is 1. The second-order valence-corrected chi connectivity index (χ2v) is 13.4. The summed E-state index contributed by atoms with van der Waals surface area (Å²) in [6, 6.07) is 19.3. The summed E-state index contributed by atoms with van der Waals surface area (Å²) < 4.78 is 0. The van der Waals surface area contributed by atoms with Gasteiger partial charge in [0, 0.05) is 80.2 Å². The molecule has 3 heterocycles. The molecule has 10 heteroatoms. The first-order chi connectivity index (χ1) is 24.8. The van der Waals surface area contributed by atoms with Crippen LogP contribution in [0, 0.1) is 6.92 Å². The summed E-state index contributed by atoms with van der Waals surface area (Å²) in [6.45, 7) is 9.46. The topological polar surface area (TPSA) is 124 Å². The molecule has 2 aromatic carbocycles. The number of likely N-dealkylation sites (N-methyl/N-ethyl adjacent to an activating group) is 1. The fourth-order valence-corrected chi connectivity index (χ4v) is 5.86. The van der Waals surface area contributed by atoms with E-state index in [-0.39, 0.29) is 5.91 Å². The lowest BCUT2D eigenvalue weighted by Crippen LogP contribution is -2.43. The van der Waals surface area contributed by atoms with E-state index in [1.165, 1.54) is 50.5 Å². The molecule has 4 aromatic rings. The molecule has 0 radical (unpaired) electrons. The number of piperazine rings is 1. The molecule has 272 valence electrons. The van der Waals surface area contributed by atoms with Gasteiger partial charge in [-0.05, 0) is 74.0 Å². The van der Waals surface area contributed by atoms with Crippen LogP contribution in [-0.4, -0.2) is 75.0 Å². The van der Waals surface area contributed by atoms with Crippen LogP contribution in [0.4, 0.5) is 17.3 Å². The molecule has 0 unspecified atom stereocenters. The first-order valence-corrected chi connectivity index (χ1v) is 18.4. The van der Waals surface area contributed by atoms with Crippen LogP contribution >= 0.6 is 0 Å². The summed E-state index contributed by atoms with van der Waals surface area (Å²) >= 11 is 0. The van der Waals surface area contributed by atoms with Crippen molar-refractivity contribution in [3.8, 4) is 11.3 Å². The number of nitrogens with one attached hydrogen (secondary N) is 2. The number of hydrogen-bond donors (Lipinski definition) is 3. The van der Waals surface area contributed by atoms with Crippen molar-refractivity contribution in [2.45, 2.75) is 84.6 Å². The van der Waals surface area contributed by atoms with Gasteiger partial charge >= 0.3 is 5.97 Å². The third-order valence-corrected chi connectivity index (χ3v) is 9.07. The molecule has 5 rings (SSSR count). The summed E-state index contributed by atoms with van der Waals surface area (Å²) in [5.41, 5.74) is 6.08. The second kappa shape index (κ2) is 21.5. The second-order valence-electron chi connectivity index (χ2n) is 13.4. The van der Waals surface area contributed by atoms with Gasteiger partial charge in [-0.1, -0.05) is 76.5 Å². The molecule has 3 N–H and O–H groups in total. The molecule has 0 saturated carbocycles. The third kappa shape index (κ3) is 14.2. The number of hydrogen-bond acceptors (Lipinski definition) is 8. The number of amides is 1. The lowest BCUT2D eigenvalue weighted by Gasteiger charge is -2.32. The molecule has 1 fully saturated rings. The van der Waals surface area contributed by atoms with Gasteiger partial charge in [0.1, 0.15) is 0 Å². The molecule has 0 bridgehead atoms. The van der Waals surface area contributed by atoms with Crippen LogP contribution in [0.5, 0.6) is 0 Å². The lowest BCUT2D eigenvalue weighted by molar-refractivity contribution is -0.137. The van der Waals surface area contributed by atoms with Gasteiger partial charge in [0.25, 0.3) is 5.91 Å². The number of carboxylic acid groups (broad SMARTS) is 1. The van der Waals surface area contributed by atoms with Crippen molar-refractivity contribution in [1.82, 2.24) is 24.8 Å². The van der Waals surface area contributed by atoms with Gasteiger partial charge in [-0.3, -0.25) is 19.5 Å². The highest BCUT2D eigenvalue weighted by Gasteiger charge is 2.15. The predicted molar refractivity (Wildman–Crippen MR) is 206 cm³/mol. The predicted octanol–water partition coefficient (Wildman–Crippen LogP) is 8.58. The lowest BCUT2D eigenvalue weighted by atomic mass is 10.1. The molecular weight excluding hydrogens is 638 g/mol. The SMILES string of the molecule is CCCCCCCCCCCC(=O)O.Cc1ccc(NC(=O)c2ccc(CN3CCN(C)CC3)cc2)cc1Nc1nccc(-c2cccnc2)n1. The Balaban J connectivity index is 0.000000354. The van der Waals surface area contributed by atoms with Crippen LogP contribution in [0.3, 0.4) is 0 Å². The standard InChI is InChI=1S/C29H31N7O.C12H24O2/c1-21-5-10-25(18-27(21)34-29-31-13-11-26(33-29)24-4-3-12-30-19-24)32-28(37)23-8-6-22(7-9-23)20-36-16-14-35(2)15-17-36;1-2-3-4-5-6-7-8-9-10-11-12(13)14/h3-13,18-19H,14-17,20H2,1-2H3,(H,32,37)(H,31,33,34);2-11H2,1H3,(H,13,14). The zero-order valence-corrected chi connectivity index (χ0v) is 30.6. The number of unbranched alkanes of at least 4 members (excludes halogenated alkanes) is 8. The number of pyridine rings is 1. The van der Waals surface area contributed by atoms with Crippen LogP contribution in [0.15, 0.2) is 79.3 Å². The van der Waals surface area contributed by atoms with E-state index in [1.807, 2.05) is 67.6 Å².